The van der Waals surface area contributed by atoms with E-state index >= 15 is 0 Å². The van der Waals surface area contributed by atoms with Crippen molar-refractivity contribution in [2.45, 2.75) is 24.9 Å². The van der Waals surface area contributed by atoms with Gasteiger partial charge in [0.15, 0.2) is 0 Å². The molecule has 2 aliphatic rings. The molecule has 2 aromatic rings. The standard InChI is InChI=1S/C16H16N2/c1-16-9-11-7-8-17-10-13(11)15(18(16)2)12-5-3-4-6-14(12)16/h3-8,10,15H,9H2,1-2H3/t15-,16-/m1/s1. The molecule has 90 valence electrons. The van der Waals surface area contributed by atoms with Gasteiger partial charge in [0.25, 0.3) is 0 Å². The zero-order valence-electron chi connectivity index (χ0n) is 10.7. The van der Waals surface area contributed by atoms with Crippen molar-refractivity contribution in [2.75, 3.05) is 7.05 Å². The Labute approximate surface area is 107 Å². The summed E-state index contributed by atoms with van der Waals surface area (Å²) in [5.74, 6) is 0. The molecule has 0 radical (unpaired) electrons. The summed E-state index contributed by atoms with van der Waals surface area (Å²) < 4.78 is 0. The molecular formula is C16H16N2. The first kappa shape index (κ1) is 10.3. The van der Waals surface area contributed by atoms with E-state index in [0.29, 0.717) is 6.04 Å². The van der Waals surface area contributed by atoms with Gasteiger partial charge in [-0.05, 0) is 48.7 Å². The highest BCUT2D eigenvalue weighted by Gasteiger charge is 2.49. The Morgan fingerprint density at radius 2 is 2.06 bits per heavy atom. The number of rotatable bonds is 0. The van der Waals surface area contributed by atoms with E-state index in [1.807, 2.05) is 12.4 Å². The summed E-state index contributed by atoms with van der Waals surface area (Å²) in [4.78, 5) is 6.82. The fraction of sp³-hybridized carbons (Fsp3) is 0.312. The van der Waals surface area contributed by atoms with E-state index in [1.165, 1.54) is 22.3 Å². The summed E-state index contributed by atoms with van der Waals surface area (Å²) in [7, 11) is 2.24. The van der Waals surface area contributed by atoms with Crippen LogP contribution >= 0.6 is 0 Å². The zero-order valence-corrected chi connectivity index (χ0v) is 10.7. The van der Waals surface area contributed by atoms with Gasteiger partial charge in [-0.3, -0.25) is 9.88 Å². The zero-order chi connectivity index (χ0) is 12.3. The Morgan fingerprint density at radius 3 is 2.94 bits per heavy atom. The van der Waals surface area contributed by atoms with E-state index in [4.69, 9.17) is 0 Å². The van der Waals surface area contributed by atoms with Crippen LogP contribution in [0.5, 0.6) is 0 Å². The van der Waals surface area contributed by atoms with Gasteiger partial charge in [0, 0.05) is 17.9 Å². The molecule has 3 heterocycles. The predicted octanol–water partition coefficient (Wildman–Crippen LogP) is 2.89. The molecule has 0 amide bonds. The Morgan fingerprint density at radius 1 is 1.22 bits per heavy atom. The number of nitrogens with zero attached hydrogens (tertiary/aromatic N) is 2. The van der Waals surface area contributed by atoms with Crippen LogP contribution in [0.3, 0.4) is 0 Å². The predicted molar refractivity (Wildman–Crippen MR) is 71.3 cm³/mol. The molecular weight excluding hydrogens is 220 g/mol. The summed E-state index contributed by atoms with van der Waals surface area (Å²) >= 11 is 0. The Balaban J connectivity index is 2.06. The summed E-state index contributed by atoms with van der Waals surface area (Å²) in [6.07, 6.45) is 5.03. The lowest BCUT2D eigenvalue weighted by atomic mass is 9.84. The third-order valence-corrected chi connectivity index (χ3v) is 4.78. The van der Waals surface area contributed by atoms with Crippen LogP contribution in [0.25, 0.3) is 0 Å². The van der Waals surface area contributed by atoms with Crippen LogP contribution in [0.4, 0.5) is 0 Å². The van der Waals surface area contributed by atoms with Crippen LogP contribution in [0.15, 0.2) is 42.7 Å². The number of hydrogen-bond donors (Lipinski definition) is 0. The minimum atomic E-state index is 0.135. The molecule has 0 saturated heterocycles. The van der Waals surface area contributed by atoms with Gasteiger partial charge in [-0.15, -0.1) is 0 Å². The van der Waals surface area contributed by atoms with Crippen molar-refractivity contribution in [2.24, 2.45) is 0 Å². The molecule has 2 bridgehead atoms. The van der Waals surface area contributed by atoms with Gasteiger partial charge in [-0.2, -0.15) is 0 Å². The number of aromatic nitrogens is 1. The van der Waals surface area contributed by atoms with Crippen molar-refractivity contribution < 1.29 is 0 Å². The second-order valence-corrected chi connectivity index (χ2v) is 5.63. The van der Waals surface area contributed by atoms with E-state index < -0.39 is 0 Å². The number of hydrogen-bond acceptors (Lipinski definition) is 2. The molecule has 0 fully saturated rings. The van der Waals surface area contributed by atoms with Crippen molar-refractivity contribution in [3.8, 4) is 0 Å². The first-order valence-corrected chi connectivity index (χ1v) is 6.47. The number of benzene rings is 1. The lowest BCUT2D eigenvalue weighted by Crippen LogP contribution is -2.43. The highest BCUT2D eigenvalue weighted by molar-refractivity contribution is 5.52. The average molecular weight is 236 g/mol. The normalized spacial score (nSPS) is 28.9. The van der Waals surface area contributed by atoms with Crippen LogP contribution in [0.2, 0.25) is 0 Å². The van der Waals surface area contributed by atoms with E-state index in [2.05, 4.69) is 54.2 Å². The molecule has 1 aromatic carbocycles. The smallest absolute Gasteiger partial charge is 0.0627 e. The molecule has 0 unspecified atom stereocenters. The second-order valence-electron chi connectivity index (χ2n) is 5.63. The lowest BCUT2D eigenvalue weighted by molar-refractivity contribution is 0.116. The summed E-state index contributed by atoms with van der Waals surface area (Å²) in [6, 6.07) is 11.4. The van der Waals surface area contributed by atoms with Gasteiger partial charge in [0.1, 0.15) is 0 Å². The quantitative estimate of drug-likeness (QED) is 0.699. The molecule has 2 heteroatoms. The highest BCUT2D eigenvalue weighted by atomic mass is 15.2. The van der Waals surface area contributed by atoms with Crippen molar-refractivity contribution >= 4 is 0 Å². The minimum absolute atomic E-state index is 0.135. The first-order valence-electron chi connectivity index (χ1n) is 6.47. The molecule has 0 spiro atoms. The monoisotopic (exact) mass is 236 g/mol. The Bertz CT molecular complexity index is 634. The van der Waals surface area contributed by atoms with Crippen LogP contribution in [-0.2, 0) is 12.0 Å². The van der Waals surface area contributed by atoms with Gasteiger partial charge in [0.2, 0.25) is 0 Å². The molecule has 1 aromatic heterocycles. The summed E-state index contributed by atoms with van der Waals surface area (Å²) in [5.41, 5.74) is 5.90. The molecule has 0 N–H and O–H groups in total. The fourth-order valence-corrected chi connectivity index (χ4v) is 3.72. The molecule has 2 nitrogen and oxygen atoms in total. The number of fused-ring (bicyclic) bond motifs is 7. The highest BCUT2D eigenvalue weighted by Crippen LogP contribution is 2.53. The topological polar surface area (TPSA) is 16.1 Å². The van der Waals surface area contributed by atoms with Crippen molar-refractivity contribution in [1.29, 1.82) is 0 Å². The van der Waals surface area contributed by atoms with Gasteiger partial charge in [-0.1, -0.05) is 24.3 Å². The maximum Gasteiger partial charge on any atom is 0.0627 e. The Kier molecular flexibility index (Phi) is 1.83. The van der Waals surface area contributed by atoms with E-state index in [1.54, 1.807) is 0 Å². The third-order valence-electron chi connectivity index (χ3n) is 4.78. The SMILES string of the molecule is CN1[C@H]2c3cnccc3C[C@]1(C)c1ccccc12. The van der Waals surface area contributed by atoms with Gasteiger partial charge >= 0.3 is 0 Å². The van der Waals surface area contributed by atoms with Gasteiger partial charge in [-0.25, -0.2) is 0 Å². The number of likely N-dealkylation sites (N-methyl/N-ethyl adjacent to an activating group) is 1. The number of pyridine rings is 1. The third kappa shape index (κ3) is 1.05. The molecule has 2 atom stereocenters. The lowest BCUT2D eigenvalue weighted by Gasteiger charge is -2.41. The van der Waals surface area contributed by atoms with E-state index in [-0.39, 0.29) is 5.54 Å². The second kappa shape index (κ2) is 3.21. The molecule has 18 heavy (non-hydrogen) atoms. The van der Waals surface area contributed by atoms with E-state index in [0.717, 1.165) is 6.42 Å². The average Bonchev–Trinajstić information content (AvgIpc) is 2.54. The maximum atomic E-state index is 4.32. The van der Waals surface area contributed by atoms with Crippen molar-refractivity contribution in [1.82, 2.24) is 9.88 Å². The Hall–Kier alpha value is -1.67. The summed E-state index contributed by atoms with van der Waals surface area (Å²) in [5, 5.41) is 0. The van der Waals surface area contributed by atoms with Crippen LogP contribution in [-0.4, -0.2) is 16.9 Å². The summed E-state index contributed by atoms with van der Waals surface area (Å²) in [6.45, 7) is 2.36. The molecule has 2 aliphatic heterocycles. The largest absolute Gasteiger partial charge is 0.285 e. The van der Waals surface area contributed by atoms with Crippen molar-refractivity contribution in [3.05, 3.63) is 65.0 Å². The van der Waals surface area contributed by atoms with Crippen LogP contribution in [0.1, 0.15) is 35.2 Å². The molecule has 0 saturated carbocycles. The van der Waals surface area contributed by atoms with Gasteiger partial charge in [0.05, 0.1) is 6.04 Å². The first-order chi connectivity index (χ1) is 8.72. The van der Waals surface area contributed by atoms with Crippen LogP contribution < -0.4 is 0 Å². The fourth-order valence-electron chi connectivity index (χ4n) is 3.72. The van der Waals surface area contributed by atoms with Crippen LogP contribution in [0, 0.1) is 0 Å². The van der Waals surface area contributed by atoms with E-state index in [9.17, 15) is 0 Å². The molecule has 4 rings (SSSR count). The molecule has 0 aliphatic carbocycles. The minimum Gasteiger partial charge on any atom is -0.285 e. The maximum absolute atomic E-state index is 4.32. The van der Waals surface area contributed by atoms with Gasteiger partial charge < -0.3 is 0 Å². The van der Waals surface area contributed by atoms with Crippen molar-refractivity contribution in [3.63, 3.8) is 0 Å².